The van der Waals surface area contributed by atoms with Gasteiger partial charge < -0.3 is 10.2 Å². The second kappa shape index (κ2) is 11.2. The van der Waals surface area contributed by atoms with Crippen LogP contribution >= 0.6 is 0 Å². The quantitative estimate of drug-likeness (QED) is 0.323. The van der Waals surface area contributed by atoms with Crippen LogP contribution in [0.15, 0.2) is 60.8 Å². The number of anilines is 1. The van der Waals surface area contributed by atoms with Gasteiger partial charge in [-0.25, -0.2) is 13.9 Å². The van der Waals surface area contributed by atoms with Crippen LogP contribution in [0, 0.1) is 5.82 Å². The van der Waals surface area contributed by atoms with Crippen molar-refractivity contribution in [2.75, 3.05) is 18.5 Å². The van der Waals surface area contributed by atoms with Crippen molar-refractivity contribution in [1.82, 2.24) is 24.9 Å². The molecule has 7 heteroatoms. The Labute approximate surface area is 224 Å². The van der Waals surface area contributed by atoms with Crippen LogP contribution < -0.4 is 10.2 Å². The van der Waals surface area contributed by atoms with Gasteiger partial charge in [-0.1, -0.05) is 37.5 Å². The van der Waals surface area contributed by atoms with Gasteiger partial charge in [0.25, 0.3) is 0 Å². The van der Waals surface area contributed by atoms with Crippen molar-refractivity contribution in [2.24, 2.45) is 0 Å². The third kappa shape index (κ3) is 5.17. The number of nitrogens with one attached hydrogen (secondary N) is 1. The summed E-state index contributed by atoms with van der Waals surface area (Å²) in [6.07, 6.45) is 12.5. The predicted molar refractivity (Wildman–Crippen MR) is 150 cm³/mol. The minimum atomic E-state index is -0.192. The molecule has 6 rings (SSSR count). The Morgan fingerprint density at radius 3 is 2.63 bits per heavy atom. The van der Waals surface area contributed by atoms with E-state index < -0.39 is 0 Å². The first-order valence-electron chi connectivity index (χ1n) is 14.2. The fourth-order valence-corrected chi connectivity index (χ4v) is 6.38. The lowest BCUT2D eigenvalue weighted by Crippen LogP contribution is -2.24. The lowest BCUT2D eigenvalue weighted by atomic mass is 9.93. The summed E-state index contributed by atoms with van der Waals surface area (Å²) in [5.74, 6) is 1.18. The highest BCUT2D eigenvalue weighted by molar-refractivity contribution is 5.61. The first-order valence-corrected chi connectivity index (χ1v) is 14.2. The minimum absolute atomic E-state index is 0.120. The van der Waals surface area contributed by atoms with E-state index in [1.54, 1.807) is 12.1 Å². The summed E-state index contributed by atoms with van der Waals surface area (Å²) in [5.41, 5.74) is 4.81. The maximum absolute atomic E-state index is 14.0. The van der Waals surface area contributed by atoms with Crippen molar-refractivity contribution in [3.05, 3.63) is 77.9 Å². The second-order valence-corrected chi connectivity index (χ2v) is 10.9. The monoisotopic (exact) mass is 512 g/mol. The topological polar surface area (TPSA) is 58.4 Å². The number of hydrogen-bond donors (Lipinski definition) is 1. The van der Waals surface area contributed by atoms with Crippen LogP contribution in [0.2, 0.25) is 0 Å². The van der Waals surface area contributed by atoms with Crippen molar-refractivity contribution in [3.8, 4) is 11.4 Å². The molecule has 0 amide bonds. The van der Waals surface area contributed by atoms with E-state index in [0.717, 1.165) is 47.8 Å². The van der Waals surface area contributed by atoms with Gasteiger partial charge in [-0.2, -0.15) is 0 Å². The zero-order chi connectivity index (χ0) is 25.9. The first-order chi connectivity index (χ1) is 18.7. The molecule has 6 nitrogen and oxygen atoms in total. The van der Waals surface area contributed by atoms with Gasteiger partial charge >= 0.3 is 0 Å². The molecular weight excluding hydrogens is 475 g/mol. The molecule has 2 fully saturated rings. The van der Waals surface area contributed by atoms with E-state index in [1.807, 2.05) is 28.9 Å². The highest BCUT2D eigenvalue weighted by Gasteiger charge is 2.28. The molecule has 3 aromatic heterocycles. The molecule has 1 aliphatic carbocycles. The number of hydrogen-bond acceptors (Lipinski definition) is 5. The van der Waals surface area contributed by atoms with Crippen LogP contribution in [-0.4, -0.2) is 39.2 Å². The fourth-order valence-electron chi connectivity index (χ4n) is 6.38. The molecule has 198 valence electrons. The third-order valence-electron chi connectivity index (χ3n) is 8.45. The number of aromatic nitrogens is 4. The van der Waals surface area contributed by atoms with E-state index in [-0.39, 0.29) is 11.9 Å². The SMILES string of the molecule is CNC1CCCCC(c2cccc(-c3cnc4ccc(N5CCC[C@@H]5c5cccc(F)c5)nn34)n2)CCC1. The van der Waals surface area contributed by atoms with Gasteiger partial charge in [0, 0.05) is 24.2 Å². The normalized spacial score (nSPS) is 22.8. The van der Waals surface area contributed by atoms with Gasteiger partial charge in [0.2, 0.25) is 0 Å². The zero-order valence-corrected chi connectivity index (χ0v) is 22.2. The van der Waals surface area contributed by atoms with Crippen LogP contribution in [0.25, 0.3) is 17.0 Å². The van der Waals surface area contributed by atoms with Crippen molar-refractivity contribution in [3.63, 3.8) is 0 Å². The fraction of sp³-hybridized carbons (Fsp3) is 0.452. The van der Waals surface area contributed by atoms with E-state index in [0.29, 0.717) is 12.0 Å². The molecule has 1 N–H and O–H groups in total. The molecule has 1 aromatic carbocycles. The Kier molecular flexibility index (Phi) is 7.36. The summed E-state index contributed by atoms with van der Waals surface area (Å²) >= 11 is 0. The number of halogens is 1. The largest absolute Gasteiger partial charge is 0.348 e. The van der Waals surface area contributed by atoms with Crippen LogP contribution in [0.5, 0.6) is 0 Å². The summed E-state index contributed by atoms with van der Waals surface area (Å²) in [7, 11) is 2.09. The number of rotatable bonds is 5. The predicted octanol–water partition coefficient (Wildman–Crippen LogP) is 6.69. The van der Waals surface area contributed by atoms with Crippen molar-refractivity contribution >= 4 is 11.5 Å². The van der Waals surface area contributed by atoms with Gasteiger partial charge in [0.1, 0.15) is 17.3 Å². The van der Waals surface area contributed by atoms with Crippen molar-refractivity contribution in [1.29, 1.82) is 0 Å². The average molecular weight is 513 g/mol. The molecule has 2 unspecified atom stereocenters. The van der Waals surface area contributed by atoms with Crippen molar-refractivity contribution < 1.29 is 4.39 Å². The molecule has 4 heterocycles. The van der Waals surface area contributed by atoms with Crippen LogP contribution in [0.1, 0.15) is 81.0 Å². The maximum atomic E-state index is 14.0. The molecule has 2 aliphatic rings. The van der Waals surface area contributed by atoms with E-state index in [2.05, 4.69) is 40.4 Å². The summed E-state index contributed by atoms with van der Waals surface area (Å²) < 4.78 is 15.9. The number of fused-ring (bicyclic) bond motifs is 1. The lowest BCUT2D eigenvalue weighted by molar-refractivity contribution is 0.463. The third-order valence-corrected chi connectivity index (χ3v) is 8.45. The van der Waals surface area contributed by atoms with Gasteiger partial charge in [-0.15, -0.1) is 5.10 Å². The van der Waals surface area contributed by atoms with Crippen LogP contribution in [-0.2, 0) is 0 Å². The molecule has 1 saturated carbocycles. The number of nitrogens with zero attached hydrogens (tertiary/aromatic N) is 5. The molecule has 1 saturated heterocycles. The lowest BCUT2D eigenvalue weighted by Gasteiger charge is -2.26. The van der Waals surface area contributed by atoms with E-state index in [9.17, 15) is 4.39 Å². The molecule has 4 aromatic rings. The zero-order valence-electron chi connectivity index (χ0n) is 22.2. The van der Waals surface area contributed by atoms with Gasteiger partial charge in [0.05, 0.1) is 17.9 Å². The number of imidazole rings is 1. The summed E-state index contributed by atoms with van der Waals surface area (Å²) in [4.78, 5) is 12.1. The van der Waals surface area contributed by atoms with Gasteiger partial charge in [-0.3, -0.25) is 4.98 Å². The molecule has 0 spiro atoms. The Bertz CT molecular complexity index is 1380. The molecule has 1 aliphatic heterocycles. The molecule has 0 bridgehead atoms. The Morgan fingerprint density at radius 2 is 1.74 bits per heavy atom. The van der Waals surface area contributed by atoms with Gasteiger partial charge in [0.15, 0.2) is 5.65 Å². The average Bonchev–Trinajstić information content (AvgIpc) is 3.62. The molecule has 3 atom stereocenters. The first kappa shape index (κ1) is 25.0. The van der Waals surface area contributed by atoms with E-state index in [1.165, 1.54) is 56.7 Å². The summed E-state index contributed by atoms with van der Waals surface area (Å²) in [6.45, 7) is 0.896. The smallest absolute Gasteiger partial charge is 0.154 e. The Hall–Kier alpha value is -3.32. The summed E-state index contributed by atoms with van der Waals surface area (Å²) in [6, 6.07) is 18.2. The second-order valence-electron chi connectivity index (χ2n) is 10.9. The number of benzene rings is 1. The van der Waals surface area contributed by atoms with Crippen LogP contribution in [0.3, 0.4) is 0 Å². The Morgan fingerprint density at radius 1 is 0.895 bits per heavy atom. The minimum Gasteiger partial charge on any atom is -0.348 e. The van der Waals surface area contributed by atoms with Gasteiger partial charge in [-0.05, 0) is 87.5 Å². The standard InChI is InChI=1S/C31H37FN6/c1-33-25-12-3-2-8-22(9-5-13-25)26-14-6-15-27(35-26)29-21-34-30-17-18-31(36-38(29)30)37-19-7-16-28(37)23-10-4-11-24(32)20-23/h4,6,10-11,14-15,17-18,20-22,25,28,33H,2-3,5,7-9,12-13,16,19H2,1H3/t22?,25?,28-/m1/s1. The summed E-state index contributed by atoms with van der Waals surface area (Å²) in [5, 5.41) is 8.52. The van der Waals surface area contributed by atoms with Crippen LogP contribution in [0.4, 0.5) is 10.2 Å². The highest BCUT2D eigenvalue weighted by atomic mass is 19.1. The molecule has 38 heavy (non-hydrogen) atoms. The molecular formula is C31H37FN6. The van der Waals surface area contributed by atoms with E-state index >= 15 is 0 Å². The molecule has 0 radical (unpaired) electrons. The Balaban J connectivity index is 1.28. The van der Waals surface area contributed by atoms with E-state index in [4.69, 9.17) is 10.1 Å². The maximum Gasteiger partial charge on any atom is 0.154 e. The van der Waals surface area contributed by atoms with Crippen molar-refractivity contribution in [2.45, 2.75) is 75.8 Å². The number of pyridine rings is 1. The highest BCUT2D eigenvalue weighted by Crippen LogP contribution is 2.36.